The zero-order chi connectivity index (χ0) is 14.1. The average molecular weight is 325 g/mol. The minimum Gasteiger partial charge on any atom is -0.354 e. The van der Waals surface area contributed by atoms with Crippen LogP contribution in [0.15, 0.2) is 28.7 Å². The zero-order valence-electron chi connectivity index (χ0n) is 11.5. The number of rotatable bonds is 5. The molecule has 0 aromatic heterocycles. The Kier molecular flexibility index (Phi) is 4.02. The SMILES string of the molecule is CCC1(CNC(=O)C(C)(N)c2ccc(Br)cc2)CC1. The first-order chi connectivity index (χ1) is 8.89. The van der Waals surface area contributed by atoms with Crippen molar-refractivity contribution >= 4 is 21.8 Å². The molecule has 3 N–H and O–H groups in total. The van der Waals surface area contributed by atoms with Crippen LogP contribution in [-0.4, -0.2) is 12.5 Å². The summed E-state index contributed by atoms with van der Waals surface area (Å²) in [4.78, 5) is 12.3. The first-order valence-corrected chi connectivity index (χ1v) is 7.52. The van der Waals surface area contributed by atoms with Gasteiger partial charge in [0.05, 0.1) is 0 Å². The lowest BCUT2D eigenvalue weighted by molar-refractivity contribution is -0.126. The van der Waals surface area contributed by atoms with E-state index in [1.807, 2.05) is 24.3 Å². The van der Waals surface area contributed by atoms with Crippen LogP contribution in [0.3, 0.4) is 0 Å². The van der Waals surface area contributed by atoms with E-state index in [9.17, 15) is 4.79 Å². The van der Waals surface area contributed by atoms with Crippen molar-refractivity contribution in [3.8, 4) is 0 Å². The Morgan fingerprint density at radius 1 is 1.42 bits per heavy atom. The summed E-state index contributed by atoms with van der Waals surface area (Å²) in [6.45, 7) is 4.68. The second-order valence-corrected chi connectivity index (χ2v) is 6.66. The van der Waals surface area contributed by atoms with Crippen LogP contribution in [0.4, 0.5) is 0 Å². The van der Waals surface area contributed by atoms with Gasteiger partial charge in [0.1, 0.15) is 5.54 Å². The van der Waals surface area contributed by atoms with Crippen LogP contribution >= 0.6 is 15.9 Å². The van der Waals surface area contributed by atoms with E-state index in [1.165, 1.54) is 12.8 Å². The van der Waals surface area contributed by atoms with Gasteiger partial charge >= 0.3 is 0 Å². The lowest BCUT2D eigenvalue weighted by Crippen LogP contribution is -2.50. The highest BCUT2D eigenvalue weighted by molar-refractivity contribution is 9.10. The van der Waals surface area contributed by atoms with Gasteiger partial charge in [0.2, 0.25) is 5.91 Å². The molecule has 1 aliphatic carbocycles. The number of hydrogen-bond donors (Lipinski definition) is 2. The van der Waals surface area contributed by atoms with Crippen LogP contribution < -0.4 is 11.1 Å². The van der Waals surface area contributed by atoms with E-state index in [-0.39, 0.29) is 5.91 Å². The molecule has 1 aromatic rings. The van der Waals surface area contributed by atoms with Crippen molar-refractivity contribution in [3.63, 3.8) is 0 Å². The van der Waals surface area contributed by atoms with Crippen molar-refractivity contribution in [1.82, 2.24) is 5.32 Å². The Balaban J connectivity index is 2.02. The lowest BCUT2D eigenvalue weighted by atomic mass is 9.92. The van der Waals surface area contributed by atoms with Crippen molar-refractivity contribution in [2.24, 2.45) is 11.1 Å². The van der Waals surface area contributed by atoms with Gasteiger partial charge in [-0.2, -0.15) is 0 Å². The predicted octanol–water partition coefficient (Wildman–Crippen LogP) is 2.93. The molecule has 0 radical (unpaired) electrons. The second kappa shape index (κ2) is 5.25. The Morgan fingerprint density at radius 3 is 2.47 bits per heavy atom. The van der Waals surface area contributed by atoms with Crippen LogP contribution in [0.2, 0.25) is 0 Å². The summed E-state index contributed by atoms with van der Waals surface area (Å²) in [7, 11) is 0. The summed E-state index contributed by atoms with van der Waals surface area (Å²) < 4.78 is 0.982. The quantitative estimate of drug-likeness (QED) is 0.874. The maximum atomic E-state index is 12.3. The molecule has 1 saturated carbocycles. The highest BCUT2D eigenvalue weighted by Crippen LogP contribution is 2.47. The molecule has 0 bridgehead atoms. The third-order valence-electron chi connectivity index (χ3n) is 4.25. The third-order valence-corrected chi connectivity index (χ3v) is 4.78. The number of carbonyl (C=O) groups excluding carboxylic acids is 1. The molecule has 1 atom stereocenters. The first kappa shape index (κ1) is 14.5. The molecule has 1 unspecified atom stereocenters. The second-order valence-electron chi connectivity index (χ2n) is 5.75. The fourth-order valence-electron chi connectivity index (χ4n) is 2.21. The van der Waals surface area contributed by atoms with E-state index in [2.05, 4.69) is 28.2 Å². The summed E-state index contributed by atoms with van der Waals surface area (Å²) >= 11 is 3.38. The fourth-order valence-corrected chi connectivity index (χ4v) is 2.48. The summed E-state index contributed by atoms with van der Waals surface area (Å²) in [5.41, 5.74) is 6.38. The number of halogens is 1. The van der Waals surface area contributed by atoms with Gasteiger partial charge in [0.25, 0.3) is 0 Å². The van der Waals surface area contributed by atoms with E-state index >= 15 is 0 Å². The number of benzene rings is 1. The molecule has 1 fully saturated rings. The summed E-state index contributed by atoms with van der Waals surface area (Å²) in [6, 6.07) is 7.58. The van der Waals surface area contributed by atoms with Gasteiger partial charge in [-0.3, -0.25) is 4.79 Å². The molecule has 0 aliphatic heterocycles. The van der Waals surface area contributed by atoms with E-state index in [0.717, 1.165) is 23.0 Å². The topological polar surface area (TPSA) is 55.1 Å². The molecule has 1 aliphatic rings. The molecule has 1 aromatic carbocycles. The van der Waals surface area contributed by atoms with Crippen LogP contribution in [0.1, 0.15) is 38.7 Å². The fraction of sp³-hybridized carbons (Fsp3) is 0.533. The largest absolute Gasteiger partial charge is 0.354 e. The molecule has 0 saturated heterocycles. The Hall–Kier alpha value is -0.870. The monoisotopic (exact) mass is 324 g/mol. The summed E-state index contributed by atoms with van der Waals surface area (Å²) in [5.74, 6) is -0.102. The molecule has 2 rings (SSSR count). The molecule has 1 amide bonds. The van der Waals surface area contributed by atoms with E-state index in [1.54, 1.807) is 6.92 Å². The average Bonchev–Trinajstić information content (AvgIpc) is 3.17. The maximum Gasteiger partial charge on any atom is 0.244 e. The zero-order valence-corrected chi connectivity index (χ0v) is 13.1. The molecule has 0 heterocycles. The molecule has 104 valence electrons. The van der Waals surface area contributed by atoms with E-state index in [0.29, 0.717) is 5.41 Å². The molecule has 0 spiro atoms. The smallest absolute Gasteiger partial charge is 0.244 e. The Labute approximate surface area is 123 Å². The van der Waals surface area contributed by atoms with Crippen molar-refractivity contribution in [3.05, 3.63) is 34.3 Å². The van der Waals surface area contributed by atoms with Gasteiger partial charge in [-0.1, -0.05) is 35.0 Å². The standard InChI is InChI=1S/C15H21BrN2O/c1-3-15(8-9-15)10-18-13(19)14(2,17)11-4-6-12(16)7-5-11/h4-7H,3,8-10,17H2,1-2H3,(H,18,19). The number of carbonyl (C=O) groups is 1. The van der Waals surface area contributed by atoms with Crippen LogP contribution in [0.25, 0.3) is 0 Å². The van der Waals surface area contributed by atoms with Crippen molar-refractivity contribution in [1.29, 1.82) is 0 Å². The van der Waals surface area contributed by atoms with Gasteiger partial charge in [-0.25, -0.2) is 0 Å². The summed E-state index contributed by atoms with van der Waals surface area (Å²) in [6.07, 6.45) is 3.54. The van der Waals surface area contributed by atoms with Crippen LogP contribution in [0.5, 0.6) is 0 Å². The Bertz CT molecular complexity index is 464. The van der Waals surface area contributed by atoms with Crippen molar-refractivity contribution in [2.45, 2.75) is 38.6 Å². The van der Waals surface area contributed by atoms with Gasteiger partial charge in [-0.15, -0.1) is 0 Å². The van der Waals surface area contributed by atoms with Gasteiger partial charge in [0.15, 0.2) is 0 Å². The third kappa shape index (κ3) is 3.18. The summed E-state index contributed by atoms with van der Waals surface area (Å²) in [5, 5.41) is 3.01. The number of nitrogens with one attached hydrogen (secondary N) is 1. The van der Waals surface area contributed by atoms with Crippen LogP contribution in [0, 0.1) is 5.41 Å². The molecular formula is C15H21BrN2O. The maximum absolute atomic E-state index is 12.3. The van der Waals surface area contributed by atoms with Crippen LogP contribution in [-0.2, 0) is 10.3 Å². The van der Waals surface area contributed by atoms with E-state index < -0.39 is 5.54 Å². The van der Waals surface area contributed by atoms with Gasteiger partial charge in [-0.05, 0) is 49.3 Å². The molecule has 4 heteroatoms. The lowest BCUT2D eigenvalue weighted by Gasteiger charge is -2.25. The van der Waals surface area contributed by atoms with Crippen molar-refractivity contribution in [2.75, 3.05) is 6.54 Å². The normalized spacial score (nSPS) is 19.6. The molecule has 3 nitrogen and oxygen atoms in total. The van der Waals surface area contributed by atoms with Gasteiger partial charge in [0, 0.05) is 11.0 Å². The Morgan fingerprint density at radius 2 is 2.00 bits per heavy atom. The minimum atomic E-state index is -0.982. The predicted molar refractivity (Wildman–Crippen MR) is 80.6 cm³/mol. The molecular weight excluding hydrogens is 304 g/mol. The molecule has 19 heavy (non-hydrogen) atoms. The highest BCUT2D eigenvalue weighted by Gasteiger charge is 2.42. The number of amides is 1. The van der Waals surface area contributed by atoms with Crippen molar-refractivity contribution < 1.29 is 4.79 Å². The first-order valence-electron chi connectivity index (χ1n) is 6.73. The highest BCUT2D eigenvalue weighted by atomic mass is 79.9. The van der Waals surface area contributed by atoms with Gasteiger partial charge < -0.3 is 11.1 Å². The van der Waals surface area contributed by atoms with E-state index in [4.69, 9.17) is 5.73 Å². The number of hydrogen-bond acceptors (Lipinski definition) is 2. The number of nitrogens with two attached hydrogens (primary N) is 1. The minimum absolute atomic E-state index is 0.102.